The van der Waals surface area contributed by atoms with Crippen molar-refractivity contribution in [2.75, 3.05) is 0 Å². The molecule has 23 heavy (non-hydrogen) atoms. The zero-order chi connectivity index (χ0) is 17.4. The number of alkyl halides is 1. The number of allylic oxidation sites excluding steroid dienone is 7. The standard InChI is InChI=1S/C15H14I4O4/c1-15(6-12(20)21)4-10(18)14(11(19)5-15)23-7-2-8(16)13(22)9(17)3-7/h2,4,9,22H,3,5-6H2,1H3,(H,20,21). The van der Waals surface area contributed by atoms with Crippen LogP contribution in [0.5, 0.6) is 0 Å². The summed E-state index contributed by atoms with van der Waals surface area (Å²) in [7, 11) is 0. The number of carboxylic acids is 1. The van der Waals surface area contributed by atoms with Crippen LogP contribution in [0.3, 0.4) is 0 Å². The van der Waals surface area contributed by atoms with Gasteiger partial charge in [-0.2, -0.15) is 0 Å². The number of halogens is 4. The zero-order valence-corrected chi connectivity index (χ0v) is 20.7. The first-order valence-corrected chi connectivity index (χ1v) is 11.2. The molecule has 2 rings (SSSR count). The maximum absolute atomic E-state index is 11.1. The van der Waals surface area contributed by atoms with Crippen molar-refractivity contribution >= 4 is 96.3 Å². The molecular formula is C15H14I4O4. The molecule has 2 atom stereocenters. The van der Waals surface area contributed by atoms with Gasteiger partial charge in [0.1, 0.15) is 17.3 Å². The van der Waals surface area contributed by atoms with Gasteiger partial charge in [-0.1, -0.05) is 35.6 Å². The summed E-state index contributed by atoms with van der Waals surface area (Å²) < 4.78 is 8.87. The van der Waals surface area contributed by atoms with E-state index in [4.69, 9.17) is 9.84 Å². The minimum Gasteiger partial charge on any atom is -0.510 e. The van der Waals surface area contributed by atoms with Crippen molar-refractivity contribution < 1.29 is 19.7 Å². The molecule has 0 saturated heterocycles. The van der Waals surface area contributed by atoms with Crippen molar-refractivity contribution in [1.82, 2.24) is 0 Å². The summed E-state index contributed by atoms with van der Waals surface area (Å²) in [6, 6.07) is 0. The van der Waals surface area contributed by atoms with E-state index in [0.717, 1.165) is 22.3 Å². The van der Waals surface area contributed by atoms with Gasteiger partial charge in [0.2, 0.25) is 0 Å². The molecule has 2 aliphatic rings. The van der Waals surface area contributed by atoms with E-state index in [-0.39, 0.29) is 15.8 Å². The zero-order valence-electron chi connectivity index (χ0n) is 12.1. The van der Waals surface area contributed by atoms with Gasteiger partial charge in [0.05, 0.1) is 17.5 Å². The molecule has 0 spiro atoms. The van der Waals surface area contributed by atoms with E-state index >= 15 is 0 Å². The number of aliphatic hydroxyl groups is 1. The normalized spacial score (nSPS) is 28.5. The molecule has 0 fully saturated rings. The van der Waals surface area contributed by atoms with Crippen LogP contribution < -0.4 is 0 Å². The van der Waals surface area contributed by atoms with Crippen LogP contribution in [0, 0.1) is 5.41 Å². The van der Waals surface area contributed by atoms with Crippen molar-refractivity contribution in [1.29, 1.82) is 0 Å². The first-order valence-electron chi connectivity index (χ1n) is 6.71. The maximum atomic E-state index is 11.1. The van der Waals surface area contributed by atoms with Gasteiger partial charge in [-0.05, 0) is 80.3 Å². The minimum absolute atomic E-state index is 0.0141. The molecule has 4 nitrogen and oxygen atoms in total. The predicted octanol–water partition coefficient (Wildman–Crippen LogP) is 6.15. The molecule has 0 amide bonds. The predicted molar refractivity (Wildman–Crippen MR) is 123 cm³/mol. The summed E-state index contributed by atoms with van der Waals surface area (Å²) in [5.41, 5.74) is -0.384. The van der Waals surface area contributed by atoms with E-state index in [1.165, 1.54) is 0 Å². The number of aliphatic carboxylic acids is 1. The highest BCUT2D eigenvalue weighted by molar-refractivity contribution is 14.1. The van der Waals surface area contributed by atoms with Crippen LogP contribution in [0.25, 0.3) is 0 Å². The fourth-order valence-electron chi connectivity index (χ4n) is 2.45. The van der Waals surface area contributed by atoms with Gasteiger partial charge < -0.3 is 14.9 Å². The number of aliphatic hydroxyl groups excluding tert-OH is 1. The summed E-state index contributed by atoms with van der Waals surface area (Å²) in [5, 5.41) is 19.0. The molecule has 0 saturated carbocycles. The number of hydrogen-bond acceptors (Lipinski definition) is 3. The molecule has 0 aromatic carbocycles. The molecule has 0 radical (unpaired) electrons. The van der Waals surface area contributed by atoms with E-state index in [9.17, 15) is 9.90 Å². The monoisotopic (exact) mass is 766 g/mol. The average molecular weight is 766 g/mol. The molecule has 0 aliphatic heterocycles. The van der Waals surface area contributed by atoms with E-state index in [2.05, 4.69) is 90.4 Å². The third kappa shape index (κ3) is 5.21. The first-order chi connectivity index (χ1) is 10.6. The summed E-state index contributed by atoms with van der Waals surface area (Å²) in [5.74, 6) is 1.22. The fraction of sp³-hybridized carbons (Fsp3) is 0.400. The molecule has 0 aromatic rings. The third-order valence-corrected chi connectivity index (χ3v) is 7.06. The van der Waals surface area contributed by atoms with Crippen LogP contribution in [-0.2, 0) is 9.53 Å². The van der Waals surface area contributed by atoms with Gasteiger partial charge >= 0.3 is 5.97 Å². The van der Waals surface area contributed by atoms with Crippen molar-refractivity contribution in [3.63, 3.8) is 0 Å². The molecule has 0 aromatic heterocycles. The van der Waals surface area contributed by atoms with Crippen LogP contribution in [0.4, 0.5) is 0 Å². The van der Waals surface area contributed by atoms with Crippen LogP contribution in [0.1, 0.15) is 26.2 Å². The number of ether oxygens (including phenoxy) is 1. The Morgan fingerprint density at radius 1 is 1.43 bits per heavy atom. The lowest BCUT2D eigenvalue weighted by molar-refractivity contribution is -0.138. The number of carboxylic acid groups (broad SMARTS) is 1. The van der Waals surface area contributed by atoms with E-state index < -0.39 is 5.97 Å². The van der Waals surface area contributed by atoms with E-state index in [1.807, 2.05) is 19.1 Å². The minimum atomic E-state index is -0.792. The lowest BCUT2D eigenvalue weighted by Gasteiger charge is -2.31. The second kappa shape index (κ2) is 8.10. The van der Waals surface area contributed by atoms with Crippen LogP contribution in [0.15, 0.2) is 40.2 Å². The van der Waals surface area contributed by atoms with Crippen LogP contribution in [0.2, 0.25) is 0 Å². The molecule has 126 valence electrons. The molecule has 8 heteroatoms. The smallest absolute Gasteiger partial charge is 0.304 e. The Kier molecular flexibility index (Phi) is 7.14. The average Bonchev–Trinajstić information content (AvgIpc) is 2.38. The summed E-state index contributed by atoms with van der Waals surface area (Å²) >= 11 is 8.75. The largest absolute Gasteiger partial charge is 0.510 e. The second-order valence-electron chi connectivity index (χ2n) is 5.75. The van der Waals surface area contributed by atoms with Crippen LogP contribution in [-0.4, -0.2) is 20.1 Å². The van der Waals surface area contributed by atoms with Crippen LogP contribution >= 0.6 is 90.4 Å². The highest BCUT2D eigenvalue weighted by atomic mass is 127. The van der Waals surface area contributed by atoms with Crippen molar-refractivity contribution in [3.05, 3.63) is 40.2 Å². The summed E-state index contributed by atoms with van der Waals surface area (Å²) in [6.45, 7) is 1.96. The lowest BCUT2D eigenvalue weighted by Crippen LogP contribution is -2.22. The second-order valence-corrected chi connectivity index (χ2v) is 10.9. The van der Waals surface area contributed by atoms with Crippen molar-refractivity contribution in [2.45, 2.75) is 30.1 Å². The maximum Gasteiger partial charge on any atom is 0.304 e. The Bertz CT molecular complexity index is 662. The third-order valence-electron chi connectivity index (χ3n) is 3.50. The highest BCUT2D eigenvalue weighted by Gasteiger charge is 2.33. The number of hydrogen-bond donors (Lipinski definition) is 2. The Morgan fingerprint density at radius 3 is 2.61 bits per heavy atom. The Labute approximate surface area is 189 Å². The molecular weight excluding hydrogens is 752 g/mol. The highest BCUT2D eigenvalue weighted by Crippen LogP contribution is 2.46. The van der Waals surface area contributed by atoms with Gasteiger partial charge in [0, 0.05) is 15.4 Å². The molecule has 0 bridgehead atoms. The van der Waals surface area contributed by atoms with Gasteiger partial charge in [0.25, 0.3) is 0 Å². The van der Waals surface area contributed by atoms with Crippen molar-refractivity contribution in [3.8, 4) is 0 Å². The fourth-order valence-corrected chi connectivity index (χ4v) is 7.51. The van der Waals surface area contributed by atoms with Gasteiger partial charge in [-0.15, -0.1) is 0 Å². The van der Waals surface area contributed by atoms with Gasteiger partial charge in [-0.3, -0.25) is 4.79 Å². The molecule has 0 heterocycles. The first kappa shape index (κ1) is 20.3. The number of carbonyl (C=O) groups is 1. The Balaban J connectivity index is 2.22. The molecule has 2 unspecified atom stereocenters. The molecule has 2 aliphatic carbocycles. The SMILES string of the molecule is CC1(CC(=O)O)C=C(I)C(OC2=CC(I)=C(O)C(I)C2)=C(I)C1. The summed E-state index contributed by atoms with van der Waals surface area (Å²) in [4.78, 5) is 11.1. The quantitative estimate of drug-likeness (QED) is 0.267. The Morgan fingerprint density at radius 2 is 2.09 bits per heavy atom. The lowest BCUT2D eigenvalue weighted by atomic mass is 9.80. The topological polar surface area (TPSA) is 66.8 Å². The summed E-state index contributed by atoms with van der Waals surface area (Å²) in [6.07, 6.45) is 5.25. The van der Waals surface area contributed by atoms with Gasteiger partial charge in [0.15, 0.2) is 0 Å². The van der Waals surface area contributed by atoms with E-state index in [0.29, 0.717) is 18.6 Å². The number of rotatable bonds is 4. The van der Waals surface area contributed by atoms with Crippen molar-refractivity contribution in [2.24, 2.45) is 5.41 Å². The molecule has 2 N–H and O–H groups in total. The Hall–Kier alpha value is 0.950. The van der Waals surface area contributed by atoms with Gasteiger partial charge in [-0.25, -0.2) is 0 Å². The van der Waals surface area contributed by atoms with E-state index in [1.54, 1.807) is 0 Å².